The second-order valence-electron chi connectivity index (χ2n) is 7.70. The van der Waals surface area contributed by atoms with Crippen LogP contribution in [0.1, 0.15) is 18.4 Å². The number of nitrogens with one attached hydrogen (secondary N) is 1. The van der Waals surface area contributed by atoms with Gasteiger partial charge in [0.1, 0.15) is 0 Å². The van der Waals surface area contributed by atoms with E-state index in [1.165, 1.54) is 0 Å². The summed E-state index contributed by atoms with van der Waals surface area (Å²) < 4.78 is 12.7. The van der Waals surface area contributed by atoms with Gasteiger partial charge in [0.2, 0.25) is 5.91 Å². The van der Waals surface area contributed by atoms with Gasteiger partial charge in [-0.25, -0.2) is 0 Å². The van der Waals surface area contributed by atoms with E-state index in [4.69, 9.17) is 9.47 Å². The molecule has 2 aromatic carbocycles. The van der Waals surface area contributed by atoms with E-state index in [1.54, 1.807) is 37.3 Å². The summed E-state index contributed by atoms with van der Waals surface area (Å²) in [6, 6.07) is 20.0. The van der Waals surface area contributed by atoms with Gasteiger partial charge in [-0.3, -0.25) is 9.36 Å². The first-order valence-electron chi connectivity index (χ1n) is 11.3. The molecular formula is C26H28N4O3S2. The van der Waals surface area contributed by atoms with Crippen molar-refractivity contribution in [2.75, 3.05) is 26.5 Å². The van der Waals surface area contributed by atoms with Crippen LogP contribution >= 0.6 is 23.1 Å². The molecule has 4 rings (SSSR count). The van der Waals surface area contributed by atoms with E-state index < -0.39 is 0 Å². The summed E-state index contributed by atoms with van der Waals surface area (Å²) in [6.45, 7) is 0.577. The lowest BCUT2D eigenvalue weighted by molar-refractivity contribution is -0.121. The summed E-state index contributed by atoms with van der Waals surface area (Å²) >= 11 is 3.26. The number of thioether (sulfide) groups is 1. The molecular weight excluding hydrogens is 480 g/mol. The van der Waals surface area contributed by atoms with E-state index >= 15 is 0 Å². The Kier molecular flexibility index (Phi) is 8.80. The number of carbonyl (C=O) groups excluding carboxylic acids is 1. The van der Waals surface area contributed by atoms with Gasteiger partial charge in [0.05, 0.1) is 19.1 Å². The molecule has 35 heavy (non-hydrogen) atoms. The number of para-hydroxylation sites is 1. The first-order valence-corrected chi connectivity index (χ1v) is 13.2. The zero-order valence-electron chi connectivity index (χ0n) is 19.8. The van der Waals surface area contributed by atoms with Crippen molar-refractivity contribution in [3.63, 3.8) is 0 Å². The summed E-state index contributed by atoms with van der Waals surface area (Å²) in [5.74, 6) is 3.05. The monoisotopic (exact) mass is 508 g/mol. The van der Waals surface area contributed by atoms with Crippen LogP contribution in [0.3, 0.4) is 0 Å². The van der Waals surface area contributed by atoms with Crippen LogP contribution < -0.4 is 14.8 Å². The minimum absolute atomic E-state index is 0.0508. The average Bonchev–Trinajstić information content (AvgIpc) is 3.57. The van der Waals surface area contributed by atoms with Gasteiger partial charge < -0.3 is 14.8 Å². The molecule has 0 spiro atoms. The van der Waals surface area contributed by atoms with Crippen LogP contribution in [0.2, 0.25) is 0 Å². The number of amides is 1. The number of methoxy groups -OCH3 is 2. The number of thiophene rings is 1. The maximum atomic E-state index is 12.3. The Morgan fingerprint density at radius 2 is 1.86 bits per heavy atom. The Bertz CT molecular complexity index is 1230. The second kappa shape index (κ2) is 12.4. The zero-order valence-corrected chi connectivity index (χ0v) is 21.4. The van der Waals surface area contributed by atoms with E-state index in [-0.39, 0.29) is 5.91 Å². The molecule has 1 N–H and O–H groups in total. The molecule has 0 bridgehead atoms. The standard InChI is InChI=1S/C26H28N4O3S2/c1-32-21-13-12-19(18-22(21)33-2)14-15-27-24(31)11-7-17-35-26-29-28-25(23-10-6-16-34-23)30(26)20-8-4-3-5-9-20/h3-6,8-10,12-13,16,18H,7,11,14-15,17H2,1-2H3,(H,27,31). The van der Waals surface area contributed by atoms with Crippen LogP contribution in [-0.4, -0.2) is 47.2 Å². The molecule has 0 saturated heterocycles. The van der Waals surface area contributed by atoms with Crippen molar-refractivity contribution >= 4 is 29.0 Å². The second-order valence-corrected chi connectivity index (χ2v) is 9.71. The highest BCUT2D eigenvalue weighted by atomic mass is 32.2. The smallest absolute Gasteiger partial charge is 0.220 e. The Labute approximate surface area is 213 Å². The van der Waals surface area contributed by atoms with Crippen LogP contribution in [0.25, 0.3) is 16.4 Å². The fourth-order valence-corrected chi connectivity index (χ4v) is 5.19. The summed E-state index contributed by atoms with van der Waals surface area (Å²) in [6.07, 6.45) is 1.95. The first kappa shape index (κ1) is 24.8. The summed E-state index contributed by atoms with van der Waals surface area (Å²) in [4.78, 5) is 13.4. The highest BCUT2D eigenvalue weighted by Crippen LogP contribution is 2.31. The Balaban J connectivity index is 1.27. The van der Waals surface area contributed by atoms with E-state index in [0.717, 1.165) is 45.7 Å². The highest BCUT2D eigenvalue weighted by molar-refractivity contribution is 7.99. The molecule has 0 saturated carbocycles. The third kappa shape index (κ3) is 6.43. The van der Waals surface area contributed by atoms with Crippen LogP contribution in [0, 0.1) is 0 Å². The van der Waals surface area contributed by atoms with Crippen LogP contribution in [0.5, 0.6) is 11.5 Å². The van der Waals surface area contributed by atoms with Crippen molar-refractivity contribution in [1.29, 1.82) is 0 Å². The number of benzene rings is 2. The molecule has 0 aliphatic heterocycles. The number of rotatable bonds is 12. The van der Waals surface area contributed by atoms with Crippen molar-refractivity contribution in [2.24, 2.45) is 0 Å². The molecule has 0 fully saturated rings. The van der Waals surface area contributed by atoms with Gasteiger partial charge in [0.25, 0.3) is 0 Å². The Hall–Kier alpha value is -3.30. The number of carbonyl (C=O) groups is 1. The number of ether oxygens (including phenoxy) is 2. The third-order valence-corrected chi connectivity index (χ3v) is 7.23. The predicted molar refractivity (Wildman–Crippen MR) is 141 cm³/mol. The SMILES string of the molecule is COc1ccc(CCNC(=O)CCCSc2nnc(-c3cccs3)n2-c2ccccc2)cc1OC. The number of aromatic nitrogens is 3. The lowest BCUT2D eigenvalue weighted by atomic mass is 10.1. The van der Waals surface area contributed by atoms with E-state index in [1.807, 2.05) is 47.8 Å². The van der Waals surface area contributed by atoms with Gasteiger partial charge in [-0.1, -0.05) is 42.1 Å². The predicted octanol–water partition coefficient (Wildman–Crippen LogP) is 5.24. The number of hydrogen-bond donors (Lipinski definition) is 1. The number of nitrogens with zero attached hydrogens (tertiary/aromatic N) is 3. The molecule has 0 radical (unpaired) electrons. The largest absolute Gasteiger partial charge is 0.493 e. The lowest BCUT2D eigenvalue weighted by Crippen LogP contribution is -2.25. The minimum atomic E-state index is 0.0508. The molecule has 0 atom stereocenters. The molecule has 0 aliphatic rings. The van der Waals surface area contributed by atoms with Gasteiger partial charge in [-0.05, 0) is 54.1 Å². The minimum Gasteiger partial charge on any atom is -0.493 e. The molecule has 4 aromatic rings. The van der Waals surface area contributed by atoms with Gasteiger partial charge in [-0.15, -0.1) is 21.5 Å². The topological polar surface area (TPSA) is 78.3 Å². The van der Waals surface area contributed by atoms with E-state index in [9.17, 15) is 4.79 Å². The van der Waals surface area contributed by atoms with Crippen molar-refractivity contribution < 1.29 is 14.3 Å². The lowest BCUT2D eigenvalue weighted by Gasteiger charge is -2.10. The molecule has 2 heterocycles. The molecule has 7 nitrogen and oxygen atoms in total. The van der Waals surface area contributed by atoms with Crippen LogP contribution in [0.4, 0.5) is 0 Å². The van der Waals surface area contributed by atoms with Crippen LogP contribution in [-0.2, 0) is 11.2 Å². The summed E-state index contributed by atoms with van der Waals surface area (Å²) in [5, 5.41) is 14.8. The van der Waals surface area contributed by atoms with Gasteiger partial charge in [-0.2, -0.15) is 0 Å². The van der Waals surface area contributed by atoms with Gasteiger partial charge in [0.15, 0.2) is 22.5 Å². The van der Waals surface area contributed by atoms with E-state index in [0.29, 0.717) is 24.5 Å². The van der Waals surface area contributed by atoms with Crippen molar-refractivity contribution in [1.82, 2.24) is 20.1 Å². The summed E-state index contributed by atoms with van der Waals surface area (Å²) in [7, 11) is 3.23. The fourth-order valence-electron chi connectivity index (χ4n) is 3.61. The maximum Gasteiger partial charge on any atom is 0.220 e. The average molecular weight is 509 g/mol. The molecule has 1 amide bonds. The van der Waals surface area contributed by atoms with Crippen molar-refractivity contribution in [3.8, 4) is 27.9 Å². The zero-order chi connectivity index (χ0) is 24.5. The molecule has 182 valence electrons. The Morgan fingerprint density at radius 1 is 1.03 bits per heavy atom. The van der Waals surface area contributed by atoms with Crippen LogP contribution in [0.15, 0.2) is 71.2 Å². The normalized spacial score (nSPS) is 10.8. The quantitative estimate of drug-likeness (QED) is 0.208. The highest BCUT2D eigenvalue weighted by Gasteiger charge is 2.16. The molecule has 0 unspecified atom stereocenters. The first-order chi connectivity index (χ1) is 17.2. The summed E-state index contributed by atoms with van der Waals surface area (Å²) in [5.41, 5.74) is 2.11. The number of hydrogen-bond acceptors (Lipinski definition) is 7. The molecule has 2 aromatic heterocycles. The Morgan fingerprint density at radius 3 is 2.60 bits per heavy atom. The van der Waals surface area contributed by atoms with Crippen molar-refractivity contribution in [2.45, 2.75) is 24.4 Å². The van der Waals surface area contributed by atoms with Gasteiger partial charge in [0, 0.05) is 24.4 Å². The van der Waals surface area contributed by atoms with E-state index in [2.05, 4.69) is 38.3 Å². The van der Waals surface area contributed by atoms with Crippen molar-refractivity contribution in [3.05, 3.63) is 71.6 Å². The fraction of sp³-hybridized carbons (Fsp3) is 0.269. The maximum absolute atomic E-state index is 12.3. The third-order valence-electron chi connectivity index (χ3n) is 5.35. The molecule has 0 aliphatic carbocycles. The van der Waals surface area contributed by atoms with Gasteiger partial charge >= 0.3 is 0 Å². The molecule has 9 heteroatoms.